The molecule has 1 amide bonds. The lowest BCUT2D eigenvalue weighted by atomic mass is 10.1. The van der Waals surface area contributed by atoms with Gasteiger partial charge in [0, 0.05) is 12.2 Å². The van der Waals surface area contributed by atoms with Gasteiger partial charge in [-0.2, -0.15) is 5.10 Å². The topological polar surface area (TPSA) is 103 Å². The van der Waals surface area contributed by atoms with E-state index in [9.17, 15) is 4.79 Å². The van der Waals surface area contributed by atoms with Gasteiger partial charge in [-0.15, -0.1) is 16.4 Å². The second-order valence-corrected chi connectivity index (χ2v) is 7.43. The number of carbonyl (C=O) groups is 1. The SMILES string of the molecule is CCn1ncc2c(C(=O)Nc3ccc(-n4cnnn4)cc3)cc(-c3cccs3)nc21. The molecule has 0 spiro atoms. The third kappa shape index (κ3) is 3.22. The normalized spacial score (nSPS) is 11.1. The molecule has 0 radical (unpaired) electrons. The predicted molar refractivity (Wildman–Crippen MR) is 114 cm³/mol. The number of rotatable bonds is 5. The molecule has 4 heterocycles. The van der Waals surface area contributed by atoms with E-state index in [1.807, 2.05) is 54.8 Å². The Labute approximate surface area is 175 Å². The second-order valence-electron chi connectivity index (χ2n) is 6.49. The van der Waals surface area contributed by atoms with Crippen LogP contribution in [0.15, 0.2) is 60.4 Å². The number of aromatic nitrogens is 7. The standard InChI is InChI=1S/C20H16N8OS/c1-2-27-19-16(11-22-27)15(10-17(24-19)18-4-3-9-30-18)20(29)23-13-5-7-14(8-6-13)28-12-21-25-26-28/h3-12H,2H2,1H3,(H,23,29). The average Bonchev–Trinajstić information content (AvgIpc) is 3.55. The Kier molecular flexibility index (Phi) is 4.52. The summed E-state index contributed by atoms with van der Waals surface area (Å²) in [4.78, 5) is 18.9. The lowest BCUT2D eigenvalue weighted by molar-refractivity contribution is 0.102. The summed E-state index contributed by atoms with van der Waals surface area (Å²) in [6, 6.07) is 13.1. The molecule has 0 fully saturated rings. The molecule has 0 aliphatic heterocycles. The van der Waals surface area contributed by atoms with Gasteiger partial charge in [0.15, 0.2) is 5.65 Å². The van der Waals surface area contributed by atoms with Gasteiger partial charge in [0.2, 0.25) is 0 Å². The number of aryl methyl sites for hydroxylation is 1. The van der Waals surface area contributed by atoms with Crippen molar-refractivity contribution in [1.82, 2.24) is 35.0 Å². The van der Waals surface area contributed by atoms with E-state index in [0.29, 0.717) is 23.4 Å². The summed E-state index contributed by atoms with van der Waals surface area (Å²) in [5.41, 5.74) is 3.46. The fourth-order valence-electron chi connectivity index (χ4n) is 3.19. The van der Waals surface area contributed by atoms with E-state index in [4.69, 9.17) is 4.98 Å². The first kappa shape index (κ1) is 18.1. The highest BCUT2D eigenvalue weighted by molar-refractivity contribution is 7.13. The number of hydrogen-bond acceptors (Lipinski definition) is 7. The molecule has 30 heavy (non-hydrogen) atoms. The summed E-state index contributed by atoms with van der Waals surface area (Å²) in [5, 5.41) is 21.2. The van der Waals surface area contributed by atoms with Crippen molar-refractivity contribution in [2.45, 2.75) is 13.5 Å². The van der Waals surface area contributed by atoms with E-state index >= 15 is 0 Å². The van der Waals surface area contributed by atoms with Gasteiger partial charge in [-0.3, -0.25) is 4.79 Å². The smallest absolute Gasteiger partial charge is 0.256 e. The van der Waals surface area contributed by atoms with Crippen molar-refractivity contribution in [2.24, 2.45) is 0 Å². The van der Waals surface area contributed by atoms with Crippen LogP contribution in [0, 0.1) is 0 Å². The third-order valence-corrected chi connectivity index (χ3v) is 5.56. The molecule has 0 saturated heterocycles. The maximum Gasteiger partial charge on any atom is 0.256 e. The molecule has 5 aromatic rings. The van der Waals surface area contributed by atoms with Gasteiger partial charge in [-0.25, -0.2) is 14.3 Å². The fraction of sp³-hybridized carbons (Fsp3) is 0.100. The first-order valence-electron chi connectivity index (χ1n) is 9.28. The van der Waals surface area contributed by atoms with Crippen molar-refractivity contribution in [2.75, 3.05) is 5.32 Å². The van der Waals surface area contributed by atoms with Crippen molar-refractivity contribution in [3.8, 4) is 16.3 Å². The summed E-state index contributed by atoms with van der Waals surface area (Å²) in [7, 11) is 0. The first-order chi connectivity index (χ1) is 14.7. The van der Waals surface area contributed by atoms with E-state index in [0.717, 1.165) is 21.6 Å². The Bertz CT molecular complexity index is 1310. The minimum atomic E-state index is -0.217. The van der Waals surface area contributed by atoms with Crippen LogP contribution in [0.1, 0.15) is 17.3 Å². The number of carbonyl (C=O) groups excluding carboxylic acids is 1. The van der Waals surface area contributed by atoms with Gasteiger partial charge in [-0.1, -0.05) is 6.07 Å². The van der Waals surface area contributed by atoms with E-state index in [-0.39, 0.29) is 5.91 Å². The zero-order chi connectivity index (χ0) is 20.5. The van der Waals surface area contributed by atoms with Crippen molar-refractivity contribution in [3.05, 3.63) is 65.9 Å². The summed E-state index contributed by atoms with van der Waals surface area (Å²) < 4.78 is 3.34. The molecule has 5 rings (SSSR count). The van der Waals surface area contributed by atoms with Crippen molar-refractivity contribution in [3.63, 3.8) is 0 Å². The zero-order valence-corrected chi connectivity index (χ0v) is 16.7. The molecular formula is C20H16N8OS. The molecule has 0 aliphatic carbocycles. The van der Waals surface area contributed by atoms with Crippen molar-refractivity contribution >= 4 is 34.0 Å². The van der Waals surface area contributed by atoms with E-state index in [2.05, 4.69) is 25.9 Å². The predicted octanol–water partition coefficient (Wildman–Crippen LogP) is 3.41. The first-order valence-corrected chi connectivity index (χ1v) is 10.2. The van der Waals surface area contributed by atoms with Crippen molar-refractivity contribution in [1.29, 1.82) is 0 Å². The number of thiophene rings is 1. The number of fused-ring (bicyclic) bond motifs is 1. The minimum absolute atomic E-state index is 0.217. The van der Waals surface area contributed by atoms with E-state index in [1.165, 1.54) is 6.33 Å². The highest BCUT2D eigenvalue weighted by atomic mass is 32.1. The van der Waals surface area contributed by atoms with Crippen LogP contribution in [-0.4, -0.2) is 40.9 Å². The van der Waals surface area contributed by atoms with Gasteiger partial charge >= 0.3 is 0 Å². The molecule has 0 unspecified atom stereocenters. The van der Waals surface area contributed by atoms with Crippen LogP contribution in [0.2, 0.25) is 0 Å². The van der Waals surface area contributed by atoms with Crippen LogP contribution in [-0.2, 0) is 6.54 Å². The quantitative estimate of drug-likeness (QED) is 0.471. The Morgan fingerprint density at radius 2 is 2.07 bits per heavy atom. The second kappa shape index (κ2) is 7.48. The maximum absolute atomic E-state index is 13.2. The van der Waals surface area contributed by atoms with E-state index in [1.54, 1.807) is 26.9 Å². The molecule has 4 aromatic heterocycles. The van der Waals surface area contributed by atoms with Gasteiger partial charge in [0.25, 0.3) is 5.91 Å². The molecule has 0 bridgehead atoms. The number of tetrazole rings is 1. The van der Waals surface area contributed by atoms with Gasteiger partial charge in [0.1, 0.15) is 6.33 Å². The monoisotopic (exact) mass is 416 g/mol. The summed E-state index contributed by atoms with van der Waals surface area (Å²) in [6.45, 7) is 2.67. The number of nitrogens with one attached hydrogen (secondary N) is 1. The highest BCUT2D eigenvalue weighted by Gasteiger charge is 2.18. The van der Waals surface area contributed by atoms with Crippen LogP contribution in [0.5, 0.6) is 0 Å². The summed E-state index contributed by atoms with van der Waals surface area (Å²) in [6.07, 6.45) is 3.21. The molecular weight excluding hydrogens is 400 g/mol. The van der Waals surface area contributed by atoms with Crippen LogP contribution in [0.3, 0.4) is 0 Å². The Hall–Kier alpha value is -3.92. The molecule has 9 nitrogen and oxygen atoms in total. The number of amides is 1. The number of hydrogen-bond donors (Lipinski definition) is 1. The Balaban J connectivity index is 1.50. The molecule has 1 aromatic carbocycles. The molecule has 0 saturated carbocycles. The van der Waals surface area contributed by atoms with Gasteiger partial charge in [0.05, 0.1) is 33.4 Å². The van der Waals surface area contributed by atoms with E-state index < -0.39 is 0 Å². The van der Waals surface area contributed by atoms with Gasteiger partial charge < -0.3 is 5.32 Å². The largest absolute Gasteiger partial charge is 0.322 e. The lowest BCUT2D eigenvalue weighted by Crippen LogP contribution is -2.13. The molecule has 10 heteroatoms. The van der Waals surface area contributed by atoms with Crippen LogP contribution in [0.25, 0.3) is 27.3 Å². The number of benzene rings is 1. The molecule has 148 valence electrons. The number of nitrogens with zero attached hydrogens (tertiary/aromatic N) is 7. The zero-order valence-electron chi connectivity index (χ0n) is 15.9. The van der Waals surface area contributed by atoms with Crippen LogP contribution < -0.4 is 5.32 Å². The minimum Gasteiger partial charge on any atom is -0.322 e. The highest BCUT2D eigenvalue weighted by Crippen LogP contribution is 2.28. The molecule has 1 N–H and O–H groups in total. The maximum atomic E-state index is 13.2. The number of pyridine rings is 1. The average molecular weight is 416 g/mol. The van der Waals surface area contributed by atoms with Gasteiger partial charge in [-0.05, 0) is 59.1 Å². The Morgan fingerprint density at radius 3 is 2.77 bits per heavy atom. The fourth-order valence-corrected chi connectivity index (χ4v) is 3.88. The Morgan fingerprint density at radius 1 is 1.20 bits per heavy atom. The third-order valence-electron chi connectivity index (χ3n) is 4.67. The van der Waals surface area contributed by atoms with Crippen LogP contribution >= 0.6 is 11.3 Å². The van der Waals surface area contributed by atoms with Crippen molar-refractivity contribution < 1.29 is 4.79 Å². The summed E-state index contributed by atoms with van der Waals surface area (Å²) >= 11 is 1.58. The summed E-state index contributed by atoms with van der Waals surface area (Å²) in [5.74, 6) is -0.217. The molecule has 0 aliphatic rings. The van der Waals surface area contributed by atoms with Crippen LogP contribution in [0.4, 0.5) is 5.69 Å². The number of anilines is 1. The lowest BCUT2D eigenvalue weighted by Gasteiger charge is -2.09. The molecule has 0 atom stereocenters.